The molecule has 2 N–H and O–H groups in total. The largest absolute Gasteiger partial charge is 0.480 e. The lowest BCUT2D eigenvalue weighted by Gasteiger charge is -2.20. The summed E-state index contributed by atoms with van der Waals surface area (Å²) < 4.78 is -0.428. The molecule has 1 aliphatic heterocycles. The summed E-state index contributed by atoms with van der Waals surface area (Å²) in [5.74, 6) is -0.928. The molecule has 13 heavy (non-hydrogen) atoms. The number of carbonyl (C=O) groups is 2. The first-order valence-corrected chi connectivity index (χ1v) is 4.89. The molecule has 0 aromatic carbocycles. The fourth-order valence-electron chi connectivity index (χ4n) is 1.33. The number of rotatable bonds is 2. The van der Waals surface area contributed by atoms with Crippen molar-refractivity contribution in [3.05, 3.63) is 0 Å². The van der Waals surface area contributed by atoms with Crippen LogP contribution in [0.25, 0.3) is 0 Å². The van der Waals surface area contributed by atoms with Gasteiger partial charge in [0.15, 0.2) is 5.78 Å². The van der Waals surface area contributed by atoms with E-state index >= 15 is 0 Å². The SMILES string of the molecule is CC(=O)C1N[C@@H](C(=O)O)C(C)(C)S1. The van der Waals surface area contributed by atoms with E-state index in [1.54, 1.807) is 0 Å². The highest BCUT2D eigenvalue weighted by Gasteiger charge is 2.46. The fourth-order valence-corrected chi connectivity index (χ4v) is 2.61. The number of ketones is 1. The van der Waals surface area contributed by atoms with Gasteiger partial charge in [0, 0.05) is 4.75 Å². The Kier molecular flexibility index (Phi) is 2.68. The zero-order chi connectivity index (χ0) is 10.2. The molecule has 4 nitrogen and oxygen atoms in total. The average Bonchev–Trinajstić information content (AvgIpc) is 2.25. The smallest absolute Gasteiger partial charge is 0.322 e. The summed E-state index contributed by atoms with van der Waals surface area (Å²) in [4.78, 5) is 21.8. The van der Waals surface area contributed by atoms with E-state index in [1.807, 2.05) is 13.8 Å². The first kappa shape index (κ1) is 10.5. The number of thioether (sulfide) groups is 1. The van der Waals surface area contributed by atoms with Crippen LogP contribution >= 0.6 is 11.8 Å². The highest BCUT2D eigenvalue weighted by molar-refractivity contribution is 8.02. The zero-order valence-electron chi connectivity index (χ0n) is 7.83. The lowest BCUT2D eigenvalue weighted by Crippen LogP contribution is -2.45. The van der Waals surface area contributed by atoms with Crippen molar-refractivity contribution < 1.29 is 14.7 Å². The Balaban J connectivity index is 2.79. The van der Waals surface area contributed by atoms with Crippen LogP contribution < -0.4 is 5.32 Å². The average molecular weight is 203 g/mol. The molecule has 1 aliphatic rings. The summed E-state index contributed by atoms with van der Waals surface area (Å²) >= 11 is 1.37. The Bertz CT molecular complexity index is 252. The van der Waals surface area contributed by atoms with Crippen LogP contribution in [0.5, 0.6) is 0 Å². The number of carboxylic acid groups (broad SMARTS) is 1. The third kappa shape index (κ3) is 2.03. The van der Waals surface area contributed by atoms with Crippen LogP contribution in [0.4, 0.5) is 0 Å². The first-order valence-electron chi connectivity index (χ1n) is 4.02. The van der Waals surface area contributed by atoms with Crippen molar-refractivity contribution in [2.24, 2.45) is 0 Å². The molecule has 0 aliphatic carbocycles. The molecule has 5 heteroatoms. The number of hydrogen-bond donors (Lipinski definition) is 2. The summed E-state index contributed by atoms with van der Waals surface area (Å²) in [5.41, 5.74) is 0. The Morgan fingerprint density at radius 2 is 2.00 bits per heavy atom. The summed E-state index contributed by atoms with van der Waals surface area (Å²) in [5, 5.41) is 11.3. The summed E-state index contributed by atoms with van der Waals surface area (Å²) in [6.07, 6.45) is 0. The predicted octanol–water partition coefficient (Wildman–Crippen LogP) is 0.470. The maximum Gasteiger partial charge on any atom is 0.322 e. The Labute approximate surface area is 81.1 Å². The van der Waals surface area contributed by atoms with Crippen molar-refractivity contribution in [1.29, 1.82) is 0 Å². The fraction of sp³-hybridized carbons (Fsp3) is 0.750. The highest BCUT2D eigenvalue weighted by Crippen LogP contribution is 2.37. The van der Waals surface area contributed by atoms with E-state index in [9.17, 15) is 9.59 Å². The van der Waals surface area contributed by atoms with Crippen molar-refractivity contribution >= 4 is 23.5 Å². The molecular weight excluding hydrogens is 190 g/mol. The molecule has 0 aromatic heterocycles. The lowest BCUT2D eigenvalue weighted by atomic mass is 10.0. The van der Waals surface area contributed by atoms with Crippen LogP contribution in [0.3, 0.4) is 0 Å². The molecule has 0 saturated carbocycles. The van der Waals surface area contributed by atoms with E-state index in [0.29, 0.717) is 0 Å². The van der Waals surface area contributed by atoms with Crippen LogP contribution in [0.2, 0.25) is 0 Å². The highest BCUT2D eigenvalue weighted by atomic mass is 32.2. The van der Waals surface area contributed by atoms with Crippen LogP contribution in [0.15, 0.2) is 0 Å². The van der Waals surface area contributed by atoms with Gasteiger partial charge in [-0.1, -0.05) is 0 Å². The van der Waals surface area contributed by atoms with Gasteiger partial charge in [0.1, 0.15) is 11.4 Å². The van der Waals surface area contributed by atoms with Gasteiger partial charge >= 0.3 is 5.97 Å². The van der Waals surface area contributed by atoms with Crippen LogP contribution in [0, 0.1) is 0 Å². The molecular formula is C8H13NO3S. The molecule has 1 rings (SSSR count). The monoisotopic (exact) mass is 203 g/mol. The third-order valence-corrected chi connectivity index (χ3v) is 3.60. The van der Waals surface area contributed by atoms with E-state index in [1.165, 1.54) is 18.7 Å². The lowest BCUT2D eigenvalue weighted by molar-refractivity contribution is -0.139. The second-order valence-corrected chi connectivity index (χ2v) is 5.41. The number of carboxylic acids is 1. The molecule has 0 radical (unpaired) electrons. The first-order chi connectivity index (χ1) is 5.84. The number of carbonyl (C=O) groups excluding carboxylic acids is 1. The molecule has 1 saturated heterocycles. The zero-order valence-corrected chi connectivity index (χ0v) is 8.64. The molecule has 0 aromatic rings. The summed E-state index contributed by atoms with van der Waals surface area (Å²) in [7, 11) is 0. The van der Waals surface area contributed by atoms with Gasteiger partial charge in [-0.05, 0) is 20.8 Å². The molecule has 74 valence electrons. The summed E-state index contributed by atoms with van der Waals surface area (Å²) in [6.45, 7) is 5.11. The van der Waals surface area contributed by atoms with Crippen molar-refractivity contribution in [1.82, 2.24) is 5.32 Å². The van der Waals surface area contributed by atoms with Crippen LogP contribution in [-0.2, 0) is 9.59 Å². The van der Waals surface area contributed by atoms with Gasteiger partial charge in [-0.2, -0.15) is 0 Å². The maximum atomic E-state index is 11.0. The number of hydrogen-bond acceptors (Lipinski definition) is 4. The van der Waals surface area contributed by atoms with Gasteiger partial charge in [-0.25, -0.2) is 0 Å². The van der Waals surface area contributed by atoms with E-state index in [4.69, 9.17) is 5.11 Å². The number of aliphatic carboxylic acids is 1. The van der Waals surface area contributed by atoms with Gasteiger partial charge in [-0.3, -0.25) is 14.9 Å². The third-order valence-electron chi connectivity index (χ3n) is 2.05. The van der Waals surface area contributed by atoms with Crippen molar-refractivity contribution in [3.8, 4) is 0 Å². The minimum absolute atomic E-state index is 0.0261. The maximum absolute atomic E-state index is 11.0. The normalized spacial score (nSPS) is 31.6. The van der Waals surface area contributed by atoms with Gasteiger partial charge in [0.05, 0.1) is 0 Å². The molecule has 1 unspecified atom stereocenters. The van der Waals surface area contributed by atoms with Gasteiger partial charge in [0.2, 0.25) is 0 Å². The van der Waals surface area contributed by atoms with E-state index in [0.717, 1.165) is 0 Å². The molecule has 1 fully saturated rings. The van der Waals surface area contributed by atoms with E-state index < -0.39 is 16.8 Å². The van der Waals surface area contributed by atoms with Crippen LogP contribution in [0.1, 0.15) is 20.8 Å². The van der Waals surface area contributed by atoms with E-state index in [-0.39, 0.29) is 11.2 Å². The molecule has 0 bridgehead atoms. The minimum atomic E-state index is -0.902. The Morgan fingerprint density at radius 3 is 2.23 bits per heavy atom. The molecule has 0 spiro atoms. The standard InChI is InChI=1S/C8H13NO3S/c1-4(10)6-9-5(7(11)12)8(2,3)13-6/h5-6,9H,1-3H3,(H,11,12)/t5-,6?/m0/s1. The minimum Gasteiger partial charge on any atom is -0.480 e. The molecule has 0 amide bonds. The van der Waals surface area contributed by atoms with Crippen molar-refractivity contribution in [3.63, 3.8) is 0 Å². The second-order valence-electron chi connectivity index (χ2n) is 3.65. The molecule has 2 atom stereocenters. The topological polar surface area (TPSA) is 66.4 Å². The van der Waals surface area contributed by atoms with Crippen molar-refractivity contribution in [2.75, 3.05) is 0 Å². The summed E-state index contributed by atoms with van der Waals surface area (Å²) in [6, 6.07) is -0.647. The Morgan fingerprint density at radius 1 is 1.46 bits per heavy atom. The van der Waals surface area contributed by atoms with E-state index in [2.05, 4.69) is 5.32 Å². The predicted molar refractivity (Wildman–Crippen MR) is 50.7 cm³/mol. The Hall–Kier alpha value is -0.550. The quantitative estimate of drug-likeness (QED) is 0.683. The number of Topliss-reactive ketones (excluding diaryl/α,β-unsaturated/α-hetero) is 1. The van der Waals surface area contributed by atoms with Crippen LogP contribution in [-0.4, -0.2) is 33.0 Å². The van der Waals surface area contributed by atoms with Crippen molar-refractivity contribution in [2.45, 2.75) is 36.9 Å². The molecule has 1 heterocycles. The van der Waals surface area contributed by atoms with Gasteiger partial charge in [0.25, 0.3) is 0 Å². The number of nitrogens with one attached hydrogen (secondary N) is 1. The second kappa shape index (κ2) is 3.31. The van der Waals surface area contributed by atoms with Gasteiger partial charge in [-0.15, -0.1) is 11.8 Å². The van der Waals surface area contributed by atoms with Gasteiger partial charge < -0.3 is 5.11 Å².